The SMILES string of the molecule is Cc1nccn1CCCNC(=O)[C@H]1CC(c2cc(F)ccc2F)=NO1. The van der Waals surface area contributed by atoms with E-state index < -0.39 is 17.7 Å². The van der Waals surface area contributed by atoms with E-state index in [1.807, 2.05) is 17.7 Å². The van der Waals surface area contributed by atoms with Gasteiger partial charge in [0.15, 0.2) is 0 Å². The summed E-state index contributed by atoms with van der Waals surface area (Å²) in [6, 6.07) is 3.10. The van der Waals surface area contributed by atoms with E-state index in [1.54, 1.807) is 6.20 Å². The minimum Gasteiger partial charge on any atom is -0.382 e. The van der Waals surface area contributed by atoms with Crippen LogP contribution in [0.15, 0.2) is 35.7 Å². The van der Waals surface area contributed by atoms with Crippen molar-refractivity contribution in [1.82, 2.24) is 14.9 Å². The molecule has 0 spiro atoms. The molecule has 1 aliphatic rings. The van der Waals surface area contributed by atoms with Crippen molar-refractivity contribution in [2.24, 2.45) is 5.16 Å². The largest absolute Gasteiger partial charge is 0.382 e. The first-order valence-corrected chi connectivity index (χ1v) is 7.98. The summed E-state index contributed by atoms with van der Waals surface area (Å²) in [6.07, 6.45) is 3.62. The summed E-state index contributed by atoms with van der Waals surface area (Å²) in [5.41, 5.74) is 0.247. The van der Waals surface area contributed by atoms with Crippen molar-refractivity contribution in [2.75, 3.05) is 6.54 Å². The molecule has 0 radical (unpaired) electrons. The Balaban J connectivity index is 1.47. The third kappa shape index (κ3) is 4.01. The average molecular weight is 348 g/mol. The Kier molecular flexibility index (Phi) is 5.06. The minimum atomic E-state index is -0.826. The molecular weight excluding hydrogens is 330 g/mol. The van der Waals surface area contributed by atoms with Gasteiger partial charge >= 0.3 is 0 Å². The van der Waals surface area contributed by atoms with Crippen molar-refractivity contribution in [3.8, 4) is 0 Å². The Labute approximate surface area is 143 Å². The molecule has 2 heterocycles. The normalized spacial score (nSPS) is 16.4. The number of nitrogens with one attached hydrogen (secondary N) is 1. The molecule has 6 nitrogen and oxygen atoms in total. The molecule has 0 bridgehead atoms. The summed E-state index contributed by atoms with van der Waals surface area (Å²) in [6.45, 7) is 3.13. The second kappa shape index (κ2) is 7.42. The van der Waals surface area contributed by atoms with Gasteiger partial charge < -0.3 is 14.7 Å². The number of imidazole rings is 1. The molecule has 3 rings (SSSR count). The molecule has 2 aromatic rings. The molecule has 1 aliphatic heterocycles. The van der Waals surface area contributed by atoms with Gasteiger partial charge in [0.2, 0.25) is 6.10 Å². The molecule has 1 aromatic carbocycles. The van der Waals surface area contributed by atoms with Crippen molar-refractivity contribution >= 4 is 11.6 Å². The smallest absolute Gasteiger partial charge is 0.264 e. The summed E-state index contributed by atoms with van der Waals surface area (Å²) < 4.78 is 29.0. The van der Waals surface area contributed by atoms with Crippen LogP contribution in [0.3, 0.4) is 0 Å². The number of hydrogen-bond acceptors (Lipinski definition) is 4. The van der Waals surface area contributed by atoms with Gasteiger partial charge in [-0.3, -0.25) is 4.79 Å². The zero-order valence-corrected chi connectivity index (χ0v) is 13.7. The highest BCUT2D eigenvalue weighted by molar-refractivity contribution is 6.04. The van der Waals surface area contributed by atoms with E-state index in [4.69, 9.17) is 4.84 Å². The highest BCUT2D eigenvalue weighted by Crippen LogP contribution is 2.20. The van der Waals surface area contributed by atoms with Gasteiger partial charge in [-0.15, -0.1) is 0 Å². The van der Waals surface area contributed by atoms with Crippen LogP contribution in [0.1, 0.15) is 24.2 Å². The van der Waals surface area contributed by atoms with Crippen LogP contribution in [0.2, 0.25) is 0 Å². The number of amides is 1. The first-order chi connectivity index (χ1) is 12.0. The number of carbonyl (C=O) groups excluding carboxylic acids is 1. The van der Waals surface area contributed by atoms with E-state index in [0.717, 1.165) is 37.0 Å². The molecule has 8 heteroatoms. The van der Waals surface area contributed by atoms with E-state index in [-0.39, 0.29) is 23.6 Å². The second-order valence-electron chi connectivity index (χ2n) is 5.77. The summed E-state index contributed by atoms with van der Waals surface area (Å²) in [4.78, 5) is 21.3. The standard InChI is InChI=1S/C17H18F2N4O2/c1-11-20-6-8-23(11)7-2-5-21-17(24)16-10-15(22-25-16)13-9-12(18)3-4-14(13)19/h3-4,6,8-9,16H,2,5,7,10H2,1H3,(H,21,24)/t16-/m1/s1. The van der Waals surface area contributed by atoms with Crippen LogP contribution in [0, 0.1) is 18.6 Å². The minimum absolute atomic E-state index is 0.0193. The number of aromatic nitrogens is 2. The van der Waals surface area contributed by atoms with Crippen LogP contribution in [-0.4, -0.2) is 33.8 Å². The topological polar surface area (TPSA) is 68.5 Å². The third-order valence-corrected chi connectivity index (χ3v) is 4.00. The van der Waals surface area contributed by atoms with E-state index >= 15 is 0 Å². The Morgan fingerprint density at radius 3 is 3.04 bits per heavy atom. The predicted octanol–water partition coefficient (Wildman–Crippen LogP) is 2.17. The van der Waals surface area contributed by atoms with E-state index in [2.05, 4.69) is 15.5 Å². The molecule has 1 atom stereocenters. The van der Waals surface area contributed by atoms with Crippen LogP contribution < -0.4 is 5.32 Å². The molecule has 132 valence electrons. The van der Waals surface area contributed by atoms with Gasteiger partial charge in [0.05, 0.1) is 5.71 Å². The maximum absolute atomic E-state index is 13.8. The monoisotopic (exact) mass is 348 g/mol. The fourth-order valence-corrected chi connectivity index (χ4v) is 2.61. The first kappa shape index (κ1) is 17.1. The molecule has 0 fully saturated rings. The molecular formula is C17H18F2N4O2. The molecule has 25 heavy (non-hydrogen) atoms. The lowest BCUT2D eigenvalue weighted by atomic mass is 10.0. The molecule has 1 aromatic heterocycles. The van der Waals surface area contributed by atoms with Crippen molar-refractivity contribution < 1.29 is 18.4 Å². The van der Waals surface area contributed by atoms with Gasteiger partial charge in [0.25, 0.3) is 5.91 Å². The number of halogens is 2. The van der Waals surface area contributed by atoms with Crippen molar-refractivity contribution in [3.05, 3.63) is 53.6 Å². The van der Waals surface area contributed by atoms with Crippen molar-refractivity contribution in [3.63, 3.8) is 0 Å². The summed E-state index contributed by atoms with van der Waals surface area (Å²) in [7, 11) is 0. The molecule has 0 saturated carbocycles. The zero-order chi connectivity index (χ0) is 17.8. The van der Waals surface area contributed by atoms with Crippen LogP contribution >= 0.6 is 0 Å². The molecule has 1 amide bonds. The highest BCUT2D eigenvalue weighted by atomic mass is 19.1. The number of benzene rings is 1. The summed E-state index contributed by atoms with van der Waals surface area (Å²) in [5.74, 6) is -0.569. The van der Waals surface area contributed by atoms with Gasteiger partial charge in [-0.05, 0) is 31.5 Å². The lowest BCUT2D eigenvalue weighted by molar-refractivity contribution is -0.131. The number of nitrogens with zero attached hydrogens (tertiary/aromatic N) is 3. The molecule has 0 saturated heterocycles. The number of hydrogen-bond donors (Lipinski definition) is 1. The quantitative estimate of drug-likeness (QED) is 0.814. The van der Waals surface area contributed by atoms with Crippen molar-refractivity contribution in [1.29, 1.82) is 0 Å². The van der Waals surface area contributed by atoms with Gasteiger partial charge in [-0.2, -0.15) is 0 Å². The maximum Gasteiger partial charge on any atom is 0.264 e. The van der Waals surface area contributed by atoms with E-state index in [9.17, 15) is 13.6 Å². The predicted molar refractivity (Wildman–Crippen MR) is 87.0 cm³/mol. The molecule has 0 aliphatic carbocycles. The van der Waals surface area contributed by atoms with Crippen LogP contribution in [-0.2, 0) is 16.2 Å². The van der Waals surface area contributed by atoms with Crippen molar-refractivity contribution in [2.45, 2.75) is 32.4 Å². The molecule has 1 N–H and O–H groups in total. The first-order valence-electron chi connectivity index (χ1n) is 7.98. The van der Waals surface area contributed by atoms with E-state index in [1.165, 1.54) is 0 Å². The molecule has 0 unspecified atom stereocenters. The van der Waals surface area contributed by atoms with Crippen LogP contribution in [0.25, 0.3) is 0 Å². The Hall–Kier alpha value is -2.77. The summed E-state index contributed by atoms with van der Waals surface area (Å²) in [5, 5.41) is 6.49. The number of carbonyl (C=O) groups is 1. The maximum atomic E-state index is 13.8. The highest BCUT2D eigenvalue weighted by Gasteiger charge is 2.30. The fraction of sp³-hybridized carbons (Fsp3) is 0.353. The lowest BCUT2D eigenvalue weighted by Gasteiger charge is -2.10. The lowest BCUT2D eigenvalue weighted by Crippen LogP contribution is -2.35. The van der Waals surface area contributed by atoms with Crippen LogP contribution in [0.4, 0.5) is 8.78 Å². The van der Waals surface area contributed by atoms with Gasteiger partial charge in [-0.25, -0.2) is 13.8 Å². The Morgan fingerprint density at radius 2 is 2.28 bits per heavy atom. The van der Waals surface area contributed by atoms with Gasteiger partial charge in [0, 0.05) is 37.5 Å². The van der Waals surface area contributed by atoms with Crippen LogP contribution in [0.5, 0.6) is 0 Å². The third-order valence-electron chi connectivity index (χ3n) is 4.00. The van der Waals surface area contributed by atoms with Gasteiger partial charge in [0.1, 0.15) is 17.5 Å². The number of rotatable bonds is 6. The number of oxime groups is 1. The Morgan fingerprint density at radius 1 is 1.44 bits per heavy atom. The average Bonchev–Trinajstić information content (AvgIpc) is 3.23. The number of aryl methyl sites for hydroxylation is 2. The fourth-order valence-electron chi connectivity index (χ4n) is 2.61. The summed E-state index contributed by atoms with van der Waals surface area (Å²) >= 11 is 0. The zero-order valence-electron chi connectivity index (χ0n) is 13.7. The van der Waals surface area contributed by atoms with Gasteiger partial charge in [-0.1, -0.05) is 5.16 Å². The van der Waals surface area contributed by atoms with E-state index in [0.29, 0.717) is 6.54 Å². The second-order valence-corrected chi connectivity index (χ2v) is 5.77. The Bertz CT molecular complexity index is 804.